The highest BCUT2D eigenvalue weighted by Crippen LogP contribution is 2.00. The van der Waals surface area contributed by atoms with Crippen LogP contribution < -0.4 is 0 Å². The number of carbonyl (C=O) groups is 1. The second-order valence-corrected chi connectivity index (χ2v) is 2.74. The maximum atomic E-state index is 11.0. The molecule has 0 saturated carbocycles. The molecule has 1 rings (SSSR count). The molecule has 0 N–H and O–H groups in total. The molecule has 0 atom stereocenters. The van der Waals surface area contributed by atoms with Crippen molar-refractivity contribution in [3.63, 3.8) is 0 Å². The van der Waals surface area contributed by atoms with Gasteiger partial charge in [0.05, 0.1) is 11.9 Å². The Balaban J connectivity index is 2.43. The average Bonchev–Trinajstić information content (AvgIpc) is 2.47. The zero-order chi connectivity index (χ0) is 8.97. The number of hydrogen-bond donors (Lipinski definition) is 0. The van der Waals surface area contributed by atoms with Gasteiger partial charge in [0.1, 0.15) is 5.78 Å². The minimum Gasteiger partial charge on any atom is -0.300 e. The number of ketones is 1. The highest BCUT2D eigenvalue weighted by atomic mass is 16.1. The topological polar surface area (TPSA) is 47.8 Å². The fourth-order valence-corrected chi connectivity index (χ4v) is 0.982. The van der Waals surface area contributed by atoms with E-state index >= 15 is 0 Å². The van der Waals surface area contributed by atoms with Crippen LogP contribution in [0.4, 0.5) is 0 Å². The highest BCUT2D eigenvalue weighted by Gasteiger charge is 2.02. The van der Waals surface area contributed by atoms with E-state index in [4.69, 9.17) is 0 Å². The molecule has 0 aliphatic rings. The lowest BCUT2D eigenvalue weighted by Crippen LogP contribution is -2.02. The van der Waals surface area contributed by atoms with Crippen molar-refractivity contribution in [2.75, 3.05) is 0 Å². The molecule has 0 aliphatic heterocycles. The summed E-state index contributed by atoms with van der Waals surface area (Å²) in [6, 6.07) is 0. The van der Waals surface area contributed by atoms with Crippen molar-refractivity contribution in [2.24, 2.45) is 7.05 Å². The van der Waals surface area contributed by atoms with E-state index in [9.17, 15) is 4.79 Å². The molecule has 0 unspecified atom stereocenters. The Morgan fingerprint density at radius 1 is 1.67 bits per heavy atom. The number of hydrogen-bond acceptors (Lipinski definition) is 3. The summed E-state index contributed by atoms with van der Waals surface area (Å²) in [4.78, 5) is 11.0. The van der Waals surface area contributed by atoms with Crippen molar-refractivity contribution in [1.29, 1.82) is 0 Å². The summed E-state index contributed by atoms with van der Waals surface area (Å²) in [6.07, 6.45) is 3.65. The lowest BCUT2D eigenvalue weighted by Gasteiger charge is -1.97. The molecule has 0 radical (unpaired) electrons. The van der Waals surface area contributed by atoms with Gasteiger partial charge in [-0.25, -0.2) is 0 Å². The van der Waals surface area contributed by atoms with Crippen LogP contribution in [-0.2, 0) is 18.3 Å². The Bertz CT molecular complexity index is 267. The van der Waals surface area contributed by atoms with Crippen LogP contribution in [0.1, 0.15) is 25.5 Å². The van der Waals surface area contributed by atoms with E-state index < -0.39 is 0 Å². The van der Waals surface area contributed by atoms with Crippen LogP contribution in [0, 0.1) is 0 Å². The quantitative estimate of drug-likeness (QED) is 0.664. The first-order valence-corrected chi connectivity index (χ1v) is 4.09. The van der Waals surface area contributed by atoms with E-state index in [0.29, 0.717) is 12.8 Å². The Labute approximate surface area is 71.6 Å². The molecule has 12 heavy (non-hydrogen) atoms. The highest BCUT2D eigenvalue weighted by molar-refractivity contribution is 5.78. The van der Waals surface area contributed by atoms with Gasteiger partial charge >= 0.3 is 0 Å². The van der Waals surface area contributed by atoms with Gasteiger partial charge in [-0.05, 0) is 6.42 Å². The lowest BCUT2D eigenvalue weighted by molar-refractivity contribution is -0.118. The first-order valence-electron chi connectivity index (χ1n) is 4.09. The Kier molecular flexibility index (Phi) is 2.96. The second-order valence-electron chi connectivity index (χ2n) is 2.74. The van der Waals surface area contributed by atoms with Gasteiger partial charge in [0.25, 0.3) is 0 Å². The molecule has 0 spiro atoms. The summed E-state index contributed by atoms with van der Waals surface area (Å²) >= 11 is 0. The molecular weight excluding hydrogens is 154 g/mol. The van der Waals surface area contributed by atoms with Crippen LogP contribution in [0.15, 0.2) is 6.20 Å². The second kappa shape index (κ2) is 3.99. The van der Waals surface area contributed by atoms with Crippen LogP contribution in [0.3, 0.4) is 0 Å². The monoisotopic (exact) mass is 167 g/mol. The Hall–Kier alpha value is -1.19. The Morgan fingerprint density at radius 3 is 2.92 bits per heavy atom. The average molecular weight is 167 g/mol. The van der Waals surface area contributed by atoms with Crippen molar-refractivity contribution in [2.45, 2.75) is 26.2 Å². The SMILES string of the molecule is CCC(=O)CCc1cnnn1C. The summed E-state index contributed by atoms with van der Waals surface area (Å²) in [5.74, 6) is 0.288. The first-order chi connectivity index (χ1) is 5.74. The zero-order valence-electron chi connectivity index (χ0n) is 7.45. The van der Waals surface area contributed by atoms with Crippen LogP contribution in [0.5, 0.6) is 0 Å². The summed E-state index contributed by atoms with van der Waals surface area (Å²) in [7, 11) is 1.83. The lowest BCUT2D eigenvalue weighted by atomic mass is 10.1. The number of aryl methyl sites for hydroxylation is 2. The van der Waals surface area contributed by atoms with Gasteiger partial charge in [-0.1, -0.05) is 12.1 Å². The predicted octanol–water partition coefficient (Wildman–Crippen LogP) is 0.727. The van der Waals surface area contributed by atoms with Gasteiger partial charge < -0.3 is 0 Å². The largest absolute Gasteiger partial charge is 0.300 e. The normalized spacial score (nSPS) is 10.2. The van der Waals surface area contributed by atoms with Crippen LogP contribution in [-0.4, -0.2) is 20.8 Å². The van der Waals surface area contributed by atoms with Crippen molar-refractivity contribution >= 4 is 5.78 Å². The molecule has 66 valence electrons. The van der Waals surface area contributed by atoms with E-state index in [1.165, 1.54) is 0 Å². The number of carbonyl (C=O) groups excluding carboxylic acids is 1. The summed E-state index contributed by atoms with van der Waals surface area (Å²) in [5, 5.41) is 7.50. The Morgan fingerprint density at radius 2 is 2.42 bits per heavy atom. The van der Waals surface area contributed by atoms with Gasteiger partial charge in [0.2, 0.25) is 0 Å². The summed E-state index contributed by atoms with van der Waals surface area (Å²) in [6.45, 7) is 1.88. The molecule has 1 heterocycles. The van der Waals surface area contributed by atoms with Gasteiger partial charge in [0.15, 0.2) is 0 Å². The van der Waals surface area contributed by atoms with Crippen LogP contribution in [0.25, 0.3) is 0 Å². The van der Waals surface area contributed by atoms with Gasteiger partial charge in [0, 0.05) is 19.9 Å². The van der Waals surface area contributed by atoms with Crippen molar-refractivity contribution in [1.82, 2.24) is 15.0 Å². The fourth-order valence-electron chi connectivity index (χ4n) is 0.982. The van der Waals surface area contributed by atoms with Crippen molar-refractivity contribution < 1.29 is 4.79 Å². The van der Waals surface area contributed by atoms with E-state index in [-0.39, 0.29) is 5.78 Å². The number of rotatable bonds is 4. The first kappa shape index (κ1) is 8.90. The molecule has 1 aromatic heterocycles. The minimum atomic E-state index is 0.288. The van der Waals surface area contributed by atoms with Crippen LogP contribution >= 0.6 is 0 Å². The van der Waals surface area contributed by atoms with Gasteiger partial charge in [-0.15, -0.1) is 5.10 Å². The molecule has 0 saturated heterocycles. The molecule has 4 nitrogen and oxygen atoms in total. The third kappa shape index (κ3) is 2.15. The third-order valence-electron chi connectivity index (χ3n) is 1.86. The predicted molar refractivity (Wildman–Crippen MR) is 44.6 cm³/mol. The van der Waals surface area contributed by atoms with E-state index in [1.54, 1.807) is 10.9 Å². The van der Waals surface area contributed by atoms with E-state index in [1.807, 2.05) is 14.0 Å². The smallest absolute Gasteiger partial charge is 0.133 e. The van der Waals surface area contributed by atoms with E-state index in [2.05, 4.69) is 10.3 Å². The molecule has 0 fully saturated rings. The molecule has 0 amide bonds. The fraction of sp³-hybridized carbons (Fsp3) is 0.625. The maximum Gasteiger partial charge on any atom is 0.133 e. The van der Waals surface area contributed by atoms with Crippen LogP contribution in [0.2, 0.25) is 0 Å². The molecular formula is C8H13N3O. The van der Waals surface area contributed by atoms with Gasteiger partial charge in [-0.2, -0.15) is 0 Å². The molecule has 0 aliphatic carbocycles. The van der Waals surface area contributed by atoms with Gasteiger partial charge in [-0.3, -0.25) is 9.48 Å². The molecule has 4 heteroatoms. The maximum absolute atomic E-state index is 11.0. The number of nitrogens with zero attached hydrogens (tertiary/aromatic N) is 3. The zero-order valence-corrected chi connectivity index (χ0v) is 7.45. The van der Waals surface area contributed by atoms with E-state index in [0.717, 1.165) is 12.1 Å². The van der Waals surface area contributed by atoms with Crippen molar-refractivity contribution in [3.8, 4) is 0 Å². The molecule has 0 aromatic carbocycles. The minimum absolute atomic E-state index is 0.288. The summed E-state index contributed by atoms with van der Waals surface area (Å²) in [5.41, 5.74) is 1.01. The number of aromatic nitrogens is 3. The number of Topliss-reactive ketones (excluding diaryl/α,β-unsaturated/α-hetero) is 1. The third-order valence-corrected chi connectivity index (χ3v) is 1.86. The molecule has 1 aromatic rings. The van der Waals surface area contributed by atoms with Crippen molar-refractivity contribution in [3.05, 3.63) is 11.9 Å². The molecule has 0 bridgehead atoms. The summed E-state index contributed by atoms with van der Waals surface area (Å²) < 4.78 is 1.70. The standard InChI is InChI=1S/C8H13N3O/c1-3-8(12)5-4-7-6-9-10-11(7)2/h6H,3-5H2,1-2H3.